The van der Waals surface area contributed by atoms with Crippen LogP contribution in [0.4, 0.5) is 10.2 Å². The molecule has 1 aromatic carbocycles. The number of aromatic nitrogens is 1. The summed E-state index contributed by atoms with van der Waals surface area (Å²) in [5.74, 6) is 0.356. The van der Waals surface area contributed by atoms with Gasteiger partial charge in [0.25, 0.3) is 0 Å². The first-order valence-corrected chi connectivity index (χ1v) is 7.42. The highest BCUT2D eigenvalue weighted by Crippen LogP contribution is 2.24. The number of benzene rings is 1. The van der Waals surface area contributed by atoms with Crippen molar-refractivity contribution in [2.75, 3.05) is 25.4 Å². The van der Waals surface area contributed by atoms with Crippen molar-refractivity contribution in [3.63, 3.8) is 0 Å². The second kappa shape index (κ2) is 6.42. The zero-order valence-electron chi connectivity index (χ0n) is 12.6. The maximum atomic E-state index is 13.4. The Hall–Kier alpha value is -1.98. The molecule has 0 spiro atoms. The fourth-order valence-electron chi connectivity index (χ4n) is 2.70. The molecule has 0 saturated carbocycles. The van der Waals surface area contributed by atoms with Crippen LogP contribution in [0.25, 0.3) is 0 Å². The standard InChI is InChI=1S/C17H20FN3O/c1-12-8-14(3-4-15(12)18)16-11-21(6-7-22-16)10-13-2-5-17(19)20-9-13/h2-5,8-9,16H,6-7,10-11H2,1H3,(H2,19,20). The van der Waals surface area contributed by atoms with Crippen LogP contribution in [0.5, 0.6) is 0 Å². The fourth-order valence-corrected chi connectivity index (χ4v) is 2.70. The molecule has 4 nitrogen and oxygen atoms in total. The number of pyridine rings is 1. The molecule has 116 valence electrons. The molecule has 1 aliphatic rings. The minimum absolute atomic E-state index is 0.0187. The Labute approximate surface area is 129 Å². The Morgan fingerprint density at radius 2 is 2.23 bits per heavy atom. The third-order valence-electron chi connectivity index (χ3n) is 3.96. The maximum Gasteiger partial charge on any atom is 0.126 e. The molecule has 0 aliphatic carbocycles. The maximum absolute atomic E-state index is 13.4. The first-order valence-electron chi connectivity index (χ1n) is 7.42. The van der Waals surface area contributed by atoms with Gasteiger partial charge in [-0.05, 0) is 35.7 Å². The van der Waals surface area contributed by atoms with Crippen molar-refractivity contribution >= 4 is 5.82 Å². The molecule has 1 unspecified atom stereocenters. The summed E-state index contributed by atoms with van der Waals surface area (Å²) in [4.78, 5) is 6.44. The van der Waals surface area contributed by atoms with E-state index in [4.69, 9.17) is 10.5 Å². The molecule has 5 heteroatoms. The number of morpholine rings is 1. The molecule has 2 aromatic rings. The van der Waals surface area contributed by atoms with Crippen molar-refractivity contribution in [1.82, 2.24) is 9.88 Å². The minimum atomic E-state index is -0.177. The van der Waals surface area contributed by atoms with Crippen LogP contribution in [-0.2, 0) is 11.3 Å². The number of hydrogen-bond donors (Lipinski definition) is 1. The van der Waals surface area contributed by atoms with Gasteiger partial charge in [0, 0.05) is 25.8 Å². The van der Waals surface area contributed by atoms with Crippen LogP contribution in [0.3, 0.4) is 0 Å². The van der Waals surface area contributed by atoms with Crippen LogP contribution in [0.15, 0.2) is 36.5 Å². The average molecular weight is 301 g/mol. The van der Waals surface area contributed by atoms with Crippen molar-refractivity contribution in [1.29, 1.82) is 0 Å². The van der Waals surface area contributed by atoms with Crippen LogP contribution < -0.4 is 5.73 Å². The molecule has 22 heavy (non-hydrogen) atoms. The number of aryl methyl sites for hydroxylation is 1. The molecule has 1 atom stereocenters. The fraction of sp³-hybridized carbons (Fsp3) is 0.353. The first-order chi connectivity index (χ1) is 10.6. The van der Waals surface area contributed by atoms with Crippen molar-refractivity contribution in [2.45, 2.75) is 19.6 Å². The van der Waals surface area contributed by atoms with E-state index in [0.29, 0.717) is 18.0 Å². The molecule has 1 fully saturated rings. The Kier molecular flexibility index (Phi) is 4.36. The van der Waals surface area contributed by atoms with Gasteiger partial charge in [0.1, 0.15) is 11.6 Å². The van der Waals surface area contributed by atoms with E-state index < -0.39 is 0 Å². The molecule has 2 heterocycles. The van der Waals surface area contributed by atoms with Crippen molar-refractivity contribution in [3.8, 4) is 0 Å². The minimum Gasteiger partial charge on any atom is -0.384 e. The van der Waals surface area contributed by atoms with Crippen molar-refractivity contribution in [3.05, 3.63) is 59.0 Å². The van der Waals surface area contributed by atoms with Crippen LogP contribution in [0, 0.1) is 12.7 Å². The lowest BCUT2D eigenvalue weighted by Crippen LogP contribution is -2.37. The highest BCUT2D eigenvalue weighted by Gasteiger charge is 2.22. The number of nitrogens with zero attached hydrogens (tertiary/aromatic N) is 2. The lowest BCUT2D eigenvalue weighted by atomic mass is 10.0. The molecule has 0 radical (unpaired) electrons. The largest absolute Gasteiger partial charge is 0.384 e. The first kappa shape index (κ1) is 14.9. The summed E-state index contributed by atoms with van der Waals surface area (Å²) < 4.78 is 19.2. The quantitative estimate of drug-likeness (QED) is 0.947. The Bertz CT molecular complexity index is 645. The predicted molar refractivity (Wildman–Crippen MR) is 83.8 cm³/mol. The number of anilines is 1. The van der Waals surface area contributed by atoms with Gasteiger partial charge < -0.3 is 10.5 Å². The van der Waals surface area contributed by atoms with E-state index in [-0.39, 0.29) is 11.9 Å². The number of nitrogens with two attached hydrogens (primary N) is 1. The van der Waals surface area contributed by atoms with E-state index in [9.17, 15) is 4.39 Å². The van der Waals surface area contributed by atoms with Gasteiger partial charge in [0.05, 0.1) is 12.7 Å². The van der Waals surface area contributed by atoms with E-state index in [1.807, 2.05) is 24.4 Å². The van der Waals surface area contributed by atoms with Crippen LogP contribution in [-0.4, -0.2) is 29.6 Å². The number of ether oxygens (including phenoxy) is 1. The van der Waals surface area contributed by atoms with Gasteiger partial charge in [-0.2, -0.15) is 0 Å². The average Bonchev–Trinajstić information content (AvgIpc) is 2.53. The molecule has 1 aromatic heterocycles. The summed E-state index contributed by atoms with van der Waals surface area (Å²) in [7, 11) is 0. The van der Waals surface area contributed by atoms with Crippen LogP contribution >= 0.6 is 0 Å². The number of halogens is 1. The van der Waals surface area contributed by atoms with Gasteiger partial charge in [0.2, 0.25) is 0 Å². The normalized spacial score (nSPS) is 19.3. The van der Waals surface area contributed by atoms with E-state index in [0.717, 1.165) is 30.8 Å². The monoisotopic (exact) mass is 301 g/mol. The number of rotatable bonds is 3. The second-order valence-corrected chi connectivity index (χ2v) is 5.69. The zero-order valence-corrected chi connectivity index (χ0v) is 12.6. The number of nitrogen functional groups attached to an aromatic ring is 1. The SMILES string of the molecule is Cc1cc(C2CN(Cc3ccc(N)nc3)CCO2)ccc1F. The number of hydrogen-bond acceptors (Lipinski definition) is 4. The van der Waals surface area contributed by atoms with Crippen molar-refractivity contribution in [2.24, 2.45) is 0 Å². The molecule has 3 rings (SSSR count). The zero-order chi connectivity index (χ0) is 15.5. The van der Waals surface area contributed by atoms with Crippen LogP contribution in [0.1, 0.15) is 22.8 Å². The van der Waals surface area contributed by atoms with Gasteiger partial charge in [-0.25, -0.2) is 9.37 Å². The molecule has 1 aliphatic heterocycles. The summed E-state index contributed by atoms with van der Waals surface area (Å²) in [6.45, 7) is 4.92. The highest BCUT2D eigenvalue weighted by molar-refractivity contribution is 5.29. The van der Waals surface area contributed by atoms with Gasteiger partial charge >= 0.3 is 0 Å². The van der Waals surface area contributed by atoms with Crippen LogP contribution in [0.2, 0.25) is 0 Å². The van der Waals surface area contributed by atoms with E-state index in [1.54, 1.807) is 13.0 Å². The van der Waals surface area contributed by atoms with Gasteiger partial charge in [-0.1, -0.05) is 18.2 Å². The van der Waals surface area contributed by atoms with E-state index in [2.05, 4.69) is 9.88 Å². The Morgan fingerprint density at radius 3 is 2.95 bits per heavy atom. The third-order valence-corrected chi connectivity index (χ3v) is 3.96. The molecular formula is C17H20FN3O. The van der Waals surface area contributed by atoms with E-state index >= 15 is 0 Å². The Morgan fingerprint density at radius 1 is 1.36 bits per heavy atom. The molecule has 0 amide bonds. The molecule has 2 N–H and O–H groups in total. The molecule has 0 bridgehead atoms. The lowest BCUT2D eigenvalue weighted by Gasteiger charge is -2.33. The smallest absolute Gasteiger partial charge is 0.126 e. The van der Waals surface area contributed by atoms with E-state index in [1.165, 1.54) is 6.07 Å². The van der Waals surface area contributed by atoms with Gasteiger partial charge in [0.15, 0.2) is 0 Å². The van der Waals surface area contributed by atoms with Gasteiger partial charge in [-0.15, -0.1) is 0 Å². The Balaban J connectivity index is 1.68. The third kappa shape index (κ3) is 3.43. The topological polar surface area (TPSA) is 51.4 Å². The highest BCUT2D eigenvalue weighted by atomic mass is 19.1. The molecule has 1 saturated heterocycles. The lowest BCUT2D eigenvalue weighted by molar-refractivity contribution is -0.0330. The second-order valence-electron chi connectivity index (χ2n) is 5.69. The van der Waals surface area contributed by atoms with Crippen molar-refractivity contribution < 1.29 is 9.13 Å². The summed E-state index contributed by atoms with van der Waals surface area (Å²) in [6.07, 6.45) is 1.79. The van der Waals surface area contributed by atoms with Gasteiger partial charge in [-0.3, -0.25) is 4.90 Å². The summed E-state index contributed by atoms with van der Waals surface area (Å²) in [6, 6.07) is 9.00. The molecular weight excluding hydrogens is 281 g/mol. The summed E-state index contributed by atoms with van der Waals surface area (Å²) >= 11 is 0. The summed E-state index contributed by atoms with van der Waals surface area (Å²) in [5, 5.41) is 0. The summed E-state index contributed by atoms with van der Waals surface area (Å²) in [5.41, 5.74) is 8.42. The predicted octanol–water partition coefficient (Wildman–Crippen LogP) is 2.68.